The number of esters is 1. The monoisotopic (exact) mass is 371 g/mol. The molecule has 0 bridgehead atoms. The second-order valence-electron chi connectivity index (χ2n) is 6.55. The molecule has 2 rings (SSSR count). The minimum Gasteiger partial charge on any atom is -0.495 e. The second kappa shape index (κ2) is 9.62. The summed E-state index contributed by atoms with van der Waals surface area (Å²) in [5, 5.41) is 2.84. The van der Waals surface area contributed by atoms with Crippen LogP contribution < -0.4 is 14.8 Å². The van der Waals surface area contributed by atoms with E-state index in [1.165, 1.54) is 0 Å². The zero-order chi connectivity index (χ0) is 19.8. The average Bonchev–Trinajstić information content (AvgIpc) is 2.65. The highest BCUT2D eigenvalue weighted by Gasteiger charge is 2.11. The topological polar surface area (TPSA) is 73.9 Å². The molecule has 0 radical (unpaired) electrons. The van der Waals surface area contributed by atoms with Gasteiger partial charge in [0.2, 0.25) is 0 Å². The first-order valence-corrected chi connectivity index (χ1v) is 8.73. The summed E-state index contributed by atoms with van der Waals surface area (Å²) in [6.45, 7) is 6.06. The lowest BCUT2D eigenvalue weighted by Crippen LogP contribution is -2.17. The summed E-state index contributed by atoms with van der Waals surface area (Å²) < 4.78 is 15.7. The van der Waals surface area contributed by atoms with Crippen molar-refractivity contribution in [3.63, 3.8) is 0 Å². The van der Waals surface area contributed by atoms with Gasteiger partial charge in [0.25, 0.3) is 5.91 Å². The van der Waals surface area contributed by atoms with E-state index in [4.69, 9.17) is 14.2 Å². The van der Waals surface area contributed by atoms with Crippen molar-refractivity contribution in [1.29, 1.82) is 0 Å². The number of aryl methyl sites for hydroxylation is 1. The summed E-state index contributed by atoms with van der Waals surface area (Å²) in [4.78, 5) is 24.0. The van der Waals surface area contributed by atoms with Crippen molar-refractivity contribution < 1.29 is 23.8 Å². The number of amides is 1. The molecule has 27 heavy (non-hydrogen) atoms. The summed E-state index contributed by atoms with van der Waals surface area (Å²) in [6, 6.07) is 12.1. The fourth-order valence-corrected chi connectivity index (χ4v) is 2.26. The molecule has 1 N–H and O–H groups in total. The molecule has 0 aliphatic carbocycles. The summed E-state index contributed by atoms with van der Waals surface area (Å²) in [5.74, 6) is 0.674. The van der Waals surface area contributed by atoms with Crippen molar-refractivity contribution in [1.82, 2.24) is 0 Å². The van der Waals surface area contributed by atoms with Crippen LogP contribution in [0.3, 0.4) is 0 Å². The van der Waals surface area contributed by atoms with Crippen LogP contribution in [0, 0.1) is 12.8 Å². The summed E-state index contributed by atoms with van der Waals surface area (Å²) in [7, 11) is 1.55. The summed E-state index contributed by atoms with van der Waals surface area (Å²) in [5.41, 5.74) is 2.09. The number of anilines is 1. The highest BCUT2D eigenvalue weighted by atomic mass is 16.6. The van der Waals surface area contributed by atoms with Gasteiger partial charge in [-0.1, -0.05) is 19.9 Å². The van der Waals surface area contributed by atoms with E-state index in [2.05, 4.69) is 5.32 Å². The van der Waals surface area contributed by atoms with Crippen molar-refractivity contribution in [2.45, 2.75) is 20.8 Å². The van der Waals surface area contributed by atoms with Crippen LogP contribution in [0.15, 0.2) is 42.5 Å². The fourth-order valence-electron chi connectivity index (χ4n) is 2.26. The number of benzene rings is 2. The predicted molar refractivity (Wildman–Crippen MR) is 103 cm³/mol. The smallest absolute Gasteiger partial charge is 0.344 e. The summed E-state index contributed by atoms with van der Waals surface area (Å²) in [6.07, 6.45) is 0. The number of hydrogen-bond acceptors (Lipinski definition) is 5. The van der Waals surface area contributed by atoms with Crippen molar-refractivity contribution in [2.24, 2.45) is 5.92 Å². The Bertz CT molecular complexity index is 784. The molecule has 0 aliphatic rings. The first-order chi connectivity index (χ1) is 12.9. The molecule has 6 nitrogen and oxygen atoms in total. The van der Waals surface area contributed by atoms with Gasteiger partial charge in [0.1, 0.15) is 11.5 Å². The van der Waals surface area contributed by atoms with Crippen molar-refractivity contribution >= 4 is 17.6 Å². The number of ether oxygens (including phenoxy) is 3. The fraction of sp³-hybridized carbons (Fsp3) is 0.333. The third-order valence-electron chi connectivity index (χ3n) is 3.65. The van der Waals surface area contributed by atoms with Gasteiger partial charge in [-0.25, -0.2) is 4.79 Å². The Hall–Kier alpha value is -3.02. The van der Waals surface area contributed by atoms with Crippen molar-refractivity contribution in [3.05, 3.63) is 53.6 Å². The lowest BCUT2D eigenvalue weighted by molar-refractivity contribution is -0.147. The molecule has 6 heteroatoms. The third-order valence-corrected chi connectivity index (χ3v) is 3.65. The van der Waals surface area contributed by atoms with E-state index >= 15 is 0 Å². The van der Waals surface area contributed by atoms with Crippen LogP contribution in [-0.4, -0.2) is 32.2 Å². The van der Waals surface area contributed by atoms with Gasteiger partial charge in [0.15, 0.2) is 6.61 Å². The standard InChI is InChI=1S/C21H25NO5/c1-14(2)12-27-20(23)13-26-17-8-6-16(7-9-17)21(24)22-18-11-15(3)5-10-19(18)25-4/h5-11,14H,12-13H2,1-4H3,(H,22,24). The molecule has 144 valence electrons. The largest absolute Gasteiger partial charge is 0.495 e. The molecule has 0 saturated carbocycles. The molecule has 0 heterocycles. The molecule has 0 fully saturated rings. The molecule has 0 saturated heterocycles. The second-order valence-corrected chi connectivity index (χ2v) is 6.55. The molecule has 1 amide bonds. The van der Waals surface area contributed by atoms with Gasteiger partial charge in [-0.3, -0.25) is 4.79 Å². The van der Waals surface area contributed by atoms with Gasteiger partial charge >= 0.3 is 5.97 Å². The van der Waals surface area contributed by atoms with Crippen LogP contribution in [-0.2, 0) is 9.53 Å². The maximum absolute atomic E-state index is 12.4. The molecule has 2 aromatic carbocycles. The zero-order valence-electron chi connectivity index (χ0n) is 16.1. The van der Waals surface area contributed by atoms with E-state index in [-0.39, 0.29) is 18.4 Å². The minimum atomic E-state index is -0.419. The molecule has 2 aromatic rings. The van der Waals surface area contributed by atoms with E-state index in [0.717, 1.165) is 5.56 Å². The Morgan fingerprint density at radius 2 is 1.78 bits per heavy atom. The Labute approximate surface area is 159 Å². The van der Waals surface area contributed by atoms with Crippen LogP contribution >= 0.6 is 0 Å². The van der Waals surface area contributed by atoms with Crippen LogP contribution in [0.4, 0.5) is 5.69 Å². The average molecular weight is 371 g/mol. The molecule has 0 aliphatic heterocycles. The van der Waals surface area contributed by atoms with Gasteiger partial charge in [0, 0.05) is 5.56 Å². The number of nitrogens with one attached hydrogen (secondary N) is 1. The Morgan fingerprint density at radius 3 is 2.41 bits per heavy atom. The van der Waals surface area contributed by atoms with E-state index in [1.807, 2.05) is 32.9 Å². The lowest BCUT2D eigenvalue weighted by Gasteiger charge is -2.11. The number of carbonyl (C=O) groups excluding carboxylic acids is 2. The van der Waals surface area contributed by atoms with E-state index in [1.54, 1.807) is 37.4 Å². The van der Waals surface area contributed by atoms with E-state index in [0.29, 0.717) is 29.4 Å². The normalized spacial score (nSPS) is 10.4. The molecule has 0 atom stereocenters. The Balaban J connectivity index is 1.94. The maximum atomic E-state index is 12.4. The minimum absolute atomic E-state index is 0.168. The van der Waals surface area contributed by atoms with Gasteiger partial charge < -0.3 is 19.5 Å². The zero-order valence-corrected chi connectivity index (χ0v) is 16.1. The van der Waals surface area contributed by atoms with E-state index < -0.39 is 5.97 Å². The quantitative estimate of drug-likeness (QED) is 0.714. The molecule has 0 aromatic heterocycles. The van der Waals surface area contributed by atoms with Crippen LogP contribution in [0.1, 0.15) is 29.8 Å². The first kappa shape index (κ1) is 20.3. The highest BCUT2D eigenvalue weighted by Crippen LogP contribution is 2.26. The number of hydrogen-bond donors (Lipinski definition) is 1. The Morgan fingerprint density at radius 1 is 1.07 bits per heavy atom. The first-order valence-electron chi connectivity index (χ1n) is 8.73. The van der Waals surface area contributed by atoms with Crippen LogP contribution in [0.2, 0.25) is 0 Å². The van der Waals surface area contributed by atoms with Gasteiger partial charge in [-0.2, -0.15) is 0 Å². The maximum Gasteiger partial charge on any atom is 0.344 e. The molecule has 0 spiro atoms. The predicted octanol–water partition coefficient (Wildman–Crippen LogP) is 3.83. The number of carbonyl (C=O) groups is 2. The van der Waals surface area contributed by atoms with Gasteiger partial charge in [-0.05, 0) is 54.8 Å². The van der Waals surface area contributed by atoms with Crippen LogP contribution in [0.5, 0.6) is 11.5 Å². The Kier molecular flexibility index (Phi) is 7.23. The number of rotatable bonds is 8. The van der Waals surface area contributed by atoms with Gasteiger partial charge in [-0.15, -0.1) is 0 Å². The molecular formula is C21H25NO5. The SMILES string of the molecule is COc1ccc(C)cc1NC(=O)c1ccc(OCC(=O)OCC(C)C)cc1. The van der Waals surface area contributed by atoms with Crippen LogP contribution in [0.25, 0.3) is 0 Å². The lowest BCUT2D eigenvalue weighted by atomic mass is 10.1. The number of methoxy groups -OCH3 is 1. The van der Waals surface area contributed by atoms with E-state index in [9.17, 15) is 9.59 Å². The van der Waals surface area contributed by atoms with Crippen molar-refractivity contribution in [2.75, 3.05) is 25.6 Å². The molecule has 0 unspecified atom stereocenters. The highest BCUT2D eigenvalue weighted by molar-refractivity contribution is 6.05. The van der Waals surface area contributed by atoms with Crippen molar-refractivity contribution in [3.8, 4) is 11.5 Å². The molecular weight excluding hydrogens is 346 g/mol. The summed E-state index contributed by atoms with van der Waals surface area (Å²) >= 11 is 0. The van der Waals surface area contributed by atoms with Gasteiger partial charge in [0.05, 0.1) is 19.4 Å². The third kappa shape index (κ3) is 6.33.